The molecule has 0 aromatic heterocycles. The number of benzene rings is 2. The highest BCUT2D eigenvalue weighted by atomic mass is 16.6. The van der Waals surface area contributed by atoms with Crippen LogP contribution in [0.1, 0.15) is 6.92 Å². The SMILES string of the molecule is CC([O])Oc1cccc2ccccc12. The first kappa shape index (κ1) is 9.03. The van der Waals surface area contributed by atoms with E-state index in [1.807, 2.05) is 42.5 Å². The van der Waals surface area contributed by atoms with Crippen LogP contribution in [-0.2, 0) is 5.11 Å². The van der Waals surface area contributed by atoms with Crippen LogP contribution in [0.3, 0.4) is 0 Å². The molecule has 0 aliphatic heterocycles. The van der Waals surface area contributed by atoms with Crippen LogP contribution in [0.25, 0.3) is 10.8 Å². The fraction of sp³-hybridized carbons (Fsp3) is 0.167. The van der Waals surface area contributed by atoms with E-state index >= 15 is 0 Å². The van der Waals surface area contributed by atoms with E-state index in [0.717, 1.165) is 10.8 Å². The molecular formula is C12H11O2. The van der Waals surface area contributed by atoms with E-state index in [4.69, 9.17) is 4.74 Å². The lowest BCUT2D eigenvalue weighted by atomic mass is 10.1. The lowest BCUT2D eigenvalue weighted by Gasteiger charge is -2.09. The standard InChI is InChI=1S/C12H11O2/c1-9(13)14-12-8-4-6-10-5-2-3-7-11(10)12/h2-9H,1H3. The largest absolute Gasteiger partial charge is 0.462 e. The minimum absolute atomic E-state index is 0.658. The Labute approximate surface area is 82.8 Å². The molecule has 0 heterocycles. The molecule has 1 radical (unpaired) electrons. The quantitative estimate of drug-likeness (QED) is 0.664. The predicted octanol–water partition coefficient (Wildman–Crippen LogP) is 3.00. The van der Waals surface area contributed by atoms with Gasteiger partial charge in [-0.05, 0) is 11.5 Å². The molecule has 0 N–H and O–H groups in total. The molecule has 71 valence electrons. The summed E-state index contributed by atoms with van der Waals surface area (Å²) in [4.78, 5) is 0. The minimum atomic E-state index is -1.03. The molecule has 2 heteroatoms. The molecular weight excluding hydrogens is 176 g/mol. The van der Waals surface area contributed by atoms with Crippen LogP contribution in [-0.4, -0.2) is 6.29 Å². The molecule has 0 spiro atoms. The lowest BCUT2D eigenvalue weighted by molar-refractivity contribution is -0.0543. The number of ether oxygens (including phenoxy) is 1. The summed E-state index contributed by atoms with van der Waals surface area (Å²) in [6, 6.07) is 13.6. The van der Waals surface area contributed by atoms with Crippen molar-refractivity contribution < 1.29 is 9.84 Å². The summed E-state index contributed by atoms with van der Waals surface area (Å²) in [7, 11) is 0. The Morgan fingerprint density at radius 2 is 1.79 bits per heavy atom. The third kappa shape index (κ3) is 1.70. The second-order valence-electron chi connectivity index (χ2n) is 3.16. The van der Waals surface area contributed by atoms with E-state index in [9.17, 15) is 5.11 Å². The van der Waals surface area contributed by atoms with Gasteiger partial charge >= 0.3 is 0 Å². The third-order valence-corrected chi connectivity index (χ3v) is 2.04. The van der Waals surface area contributed by atoms with E-state index in [0.29, 0.717) is 5.75 Å². The van der Waals surface area contributed by atoms with Crippen molar-refractivity contribution in [2.75, 3.05) is 0 Å². The molecule has 0 bridgehead atoms. The zero-order valence-electron chi connectivity index (χ0n) is 7.94. The number of hydrogen-bond donors (Lipinski definition) is 0. The van der Waals surface area contributed by atoms with E-state index in [-0.39, 0.29) is 0 Å². The van der Waals surface area contributed by atoms with Gasteiger partial charge in [-0.2, -0.15) is 5.11 Å². The first-order valence-corrected chi connectivity index (χ1v) is 4.57. The Morgan fingerprint density at radius 1 is 1.07 bits per heavy atom. The first-order chi connectivity index (χ1) is 6.77. The van der Waals surface area contributed by atoms with Crippen LogP contribution in [0.15, 0.2) is 42.5 Å². The maximum Gasteiger partial charge on any atom is 0.228 e. The minimum Gasteiger partial charge on any atom is -0.462 e. The monoisotopic (exact) mass is 187 g/mol. The number of fused-ring (bicyclic) bond motifs is 1. The van der Waals surface area contributed by atoms with Gasteiger partial charge in [0.1, 0.15) is 5.75 Å². The smallest absolute Gasteiger partial charge is 0.228 e. The van der Waals surface area contributed by atoms with Crippen molar-refractivity contribution in [2.45, 2.75) is 13.2 Å². The van der Waals surface area contributed by atoms with Crippen molar-refractivity contribution in [1.82, 2.24) is 0 Å². The fourth-order valence-corrected chi connectivity index (χ4v) is 1.48. The van der Waals surface area contributed by atoms with Crippen LogP contribution < -0.4 is 4.74 Å². The predicted molar refractivity (Wildman–Crippen MR) is 54.7 cm³/mol. The van der Waals surface area contributed by atoms with Crippen molar-refractivity contribution in [2.24, 2.45) is 0 Å². The molecule has 0 saturated carbocycles. The average molecular weight is 187 g/mol. The Balaban J connectivity index is 2.53. The molecule has 0 saturated heterocycles. The molecule has 1 unspecified atom stereocenters. The van der Waals surface area contributed by atoms with Crippen LogP contribution in [0.4, 0.5) is 0 Å². The molecule has 0 aliphatic carbocycles. The van der Waals surface area contributed by atoms with Crippen LogP contribution in [0.5, 0.6) is 5.75 Å². The highest BCUT2D eigenvalue weighted by molar-refractivity contribution is 5.88. The molecule has 0 amide bonds. The van der Waals surface area contributed by atoms with Gasteiger partial charge in [0.2, 0.25) is 6.29 Å². The van der Waals surface area contributed by atoms with Crippen LogP contribution in [0.2, 0.25) is 0 Å². The summed E-state index contributed by atoms with van der Waals surface area (Å²) < 4.78 is 5.17. The highest BCUT2D eigenvalue weighted by Crippen LogP contribution is 2.25. The van der Waals surface area contributed by atoms with Crippen molar-refractivity contribution in [3.63, 3.8) is 0 Å². The van der Waals surface area contributed by atoms with Gasteiger partial charge in [0, 0.05) is 12.3 Å². The van der Waals surface area contributed by atoms with Crippen LogP contribution in [0, 0.1) is 0 Å². The van der Waals surface area contributed by atoms with Crippen molar-refractivity contribution in [1.29, 1.82) is 0 Å². The van der Waals surface area contributed by atoms with Gasteiger partial charge in [-0.1, -0.05) is 36.4 Å². The summed E-state index contributed by atoms with van der Waals surface area (Å²) in [5.41, 5.74) is 0. The van der Waals surface area contributed by atoms with Gasteiger partial charge in [-0.15, -0.1) is 0 Å². The molecule has 2 nitrogen and oxygen atoms in total. The topological polar surface area (TPSA) is 29.1 Å². The van der Waals surface area contributed by atoms with Crippen molar-refractivity contribution >= 4 is 10.8 Å². The maximum atomic E-state index is 10.9. The number of rotatable bonds is 2. The summed E-state index contributed by atoms with van der Waals surface area (Å²) in [6.07, 6.45) is -1.03. The molecule has 0 aliphatic rings. The molecule has 2 rings (SSSR count). The zero-order chi connectivity index (χ0) is 9.97. The Kier molecular flexibility index (Phi) is 2.37. The van der Waals surface area contributed by atoms with E-state index in [1.54, 1.807) is 0 Å². The number of hydrogen-bond acceptors (Lipinski definition) is 1. The van der Waals surface area contributed by atoms with Gasteiger partial charge in [0.25, 0.3) is 0 Å². The normalized spacial score (nSPS) is 12.7. The van der Waals surface area contributed by atoms with Crippen molar-refractivity contribution in [3.05, 3.63) is 42.5 Å². The van der Waals surface area contributed by atoms with Crippen LogP contribution >= 0.6 is 0 Å². The summed E-state index contributed by atoms with van der Waals surface area (Å²) >= 11 is 0. The Hall–Kier alpha value is -1.54. The first-order valence-electron chi connectivity index (χ1n) is 4.57. The second-order valence-corrected chi connectivity index (χ2v) is 3.16. The zero-order valence-corrected chi connectivity index (χ0v) is 7.94. The van der Waals surface area contributed by atoms with E-state index < -0.39 is 6.29 Å². The van der Waals surface area contributed by atoms with E-state index in [2.05, 4.69) is 0 Å². The molecule has 1 atom stereocenters. The van der Waals surface area contributed by atoms with Gasteiger partial charge in [0.05, 0.1) is 0 Å². The summed E-state index contributed by atoms with van der Waals surface area (Å²) in [5.74, 6) is 0.658. The Morgan fingerprint density at radius 3 is 2.57 bits per heavy atom. The Bertz CT molecular complexity index is 430. The summed E-state index contributed by atoms with van der Waals surface area (Å²) in [5, 5.41) is 13.0. The molecule has 2 aromatic rings. The van der Waals surface area contributed by atoms with Gasteiger partial charge in [0.15, 0.2) is 0 Å². The molecule has 2 aromatic carbocycles. The van der Waals surface area contributed by atoms with Gasteiger partial charge < -0.3 is 4.74 Å². The third-order valence-electron chi connectivity index (χ3n) is 2.04. The fourth-order valence-electron chi connectivity index (χ4n) is 1.48. The lowest BCUT2D eigenvalue weighted by Crippen LogP contribution is -2.07. The summed E-state index contributed by atoms with van der Waals surface area (Å²) in [6.45, 7) is 1.49. The molecule has 14 heavy (non-hydrogen) atoms. The van der Waals surface area contributed by atoms with Gasteiger partial charge in [-0.25, -0.2) is 0 Å². The maximum absolute atomic E-state index is 10.9. The highest BCUT2D eigenvalue weighted by Gasteiger charge is 2.03. The van der Waals surface area contributed by atoms with Gasteiger partial charge in [-0.3, -0.25) is 0 Å². The van der Waals surface area contributed by atoms with Crippen molar-refractivity contribution in [3.8, 4) is 5.75 Å². The average Bonchev–Trinajstić information content (AvgIpc) is 2.18. The molecule has 0 fully saturated rings. The second kappa shape index (κ2) is 3.68. The van der Waals surface area contributed by atoms with E-state index in [1.165, 1.54) is 6.92 Å².